The topological polar surface area (TPSA) is 72.0 Å². The van der Waals surface area contributed by atoms with Gasteiger partial charge in [0.25, 0.3) is 11.8 Å². The number of likely N-dealkylation sites (tertiary alicyclic amines) is 1. The molecule has 0 N–H and O–H groups in total. The zero-order valence-electron chi connectivity index (χ0n) is 24.5. The molecule has 0 radical (unpaired) electrons. The summed E-state index contributed by atoms with van der Waals surface area (Å²) in [5.41, 5.74) is -2.08. The Hall–Kier alpha value is -3.81. The van der Waals surface area contributed by atoms with Crippen LogP contribution in [0.15, 0.2) is 48.0 Å². The highest BCUT2D eigenvalue weighted by Crippen LogP contribution is 2.43. The summed E-state index contributed by atoms with van der Waals surface area (Å²) in [6.45, 7) is 2.22. The molecular weight excluding hydrogens is 624 g/mol. The molecule has 2 aromatic heterocycles. The Morgan fingerprint density at radius 3 is 2.49 bits per heavy atom. The zero-order valence-corrected chi connectivity index (χ0v) is 25.3. The molecule has 0 aliphatic carbocycles. The molecule has 1 aromatic carbocycles. The minimum Gasteiger partial charge on any atom is -0.497 e. The third kappa shape index (κ3) is 6.47. The number of rotatable bonds is 7. The number of alkyl halides is 6. The van der Waals surface area contributed by atoms with Crippen molar-refractivity contribution in [1.29, 1.82) is 0 Å². The monoisotopic (exact) mass is 655 g/mol. The number of pyridine rings is 1. The van der Waals surface area contributed by atoms with E-state index in [1.54, 1.807) is 25.0 Å². The Morgan fingerprint density at radius 1 is 1.04 bits per heavy atom. The van der Waals surface area contributed by atoms with Crippen molar-refractivity contribution in [2.75, 3.05) is 20.2 Å². The van der Waals surface area contributed by atoms with E-state index in [0.29, 0.717) is 29.9 Å². The molecule has 2 aliphatic rings. The first kappa shape index (κ1) is 32.6. The van der Waals surface area contributed by atoms with E-state index in [9.17, 15) is 35.9 Å². The first-order chi connectivity index (χ1) is 21.3. The van der Waals surface area contributed by atoms with Gasteiger partial charge in [0.2, 0.25) is 5.60 Å². The van der Waals surface area contributed by atoms with E-state index in [0.717, 1.165) is 40.9 Å². The average molecular weight is 656 g/mol. The molecule has 7 nitrogen and oxygen atoms in total. The Balaban J connectivity index is 1.58. The fourth-order valence-electron chi connectivity index (χ4n) is 6.17. The van der Waals surface area contributed by atoms with Gasteiger partial charge in [0, 0.05) is 43.7 Å². The Bertz CT molecular complexity index is 1560. The van der Waals surface area contributed by atoms with Crippen molar-refractivity contribution in [2.45, 2.75) is 69.6 Å². The number of hydrogen-bond acceptors (Lipinski definition) is 6. The van der Waals surface area contributed by atoms with E-state index in [4.69, 9.17) is 9.47 Å². The molecule has 0 unspecified atom stereocenters. The molecule has 0 spiro atoms. The van der Waals surface area contributed by atoms with Crippen molar-refractivity contribution in [3.8, 4) is 11.5 Å². The summed E-state index contributed by atoms with van der Waals surface area (Å²) in [5, 5.41) is 1.15. The van der Waals surface area contributed by atoms with Crippen LogP contribution < -0.4 is 9.47 Å². The summed E-state index contributed by atoms with van der Waals surface area (Å²) in [6.07, 6.45) is -7.22. The Morgan fingerprint density at radius 2 is 1.82 bits per heavy atom. The van der Waals surface area contributed by atoms with Gasteiger partial charge in [-0.15, -0.1) is 11.3 Å². The molecule has 5 rings (SSSR count). The van der Waals surface area contributed by atoms with Crippen LogP contribution in [0, 0.1) is 0 Å². The van der Waals surface area contributed by atoms with Crippen LogP contribution in [0.4, 0.5) is 26.3 Å². The summed E-state index contributed by atoms with van der Waals surface area (Å²) in [4.78, 5) is 34.1. The van der Waals surface area contributed by atoms with E-state index in [-0.39, 0.29) is 44.6 Å². The van der Waals surface area contributed by atoms with Crippen molar-refractivity contribution < 1.29 is 45.4 Å². The SMILES string of the molecule is CCC[C@H]1N(C(=O)c2ncccc2C(F)(F)F)CCC[C@@]1(Oc1csc(C(F)(F)F)c1)C(=O)N1CCc2cc(OC)ccc2C1. The van der Waals surface area contributed by atoms with Gasteiger partial charge >= 0.3 is 12.4 Å². The van der Waals surface area contributed by atoms with E-state index in [1.807, 2.05) is 12.1 Å². The number of thiophene rings is 1. The molecule has 2 aliphatic heterocycles. The summed E-state index contributed by atoms with van der Waals surface area (Å²) in [6, 6.07) is 7.02. The highest BCUT2D eigenvalue weighted by Gasteiger charge is 2.56. The lowest BCUT2D eigenvalue weighted by Gasteiger charge is -2.50. The number of methoxy groups -OCH3 is 1. The van der Waals surface area contributed by atoms with E-state index in [1.165, 1.54) is 4.90 Å². The Labute approximate surface area is 259 Å². The predicted octanol–water partition coefficient (Wildman–Crippen LogP) is 7.00. The van der Waals surface area contributed by atoms with Crippen LogP contribution in [-0.4, -0.2) is 58.4 Å². The van der Waals surface area contributed by atoms with Crippen LogP contribution in [0.2, 0.25) is 0 Å². The third-order valence-electron chi connectivity index (χ3n) is 8.23. The lowest BCUT2D eigenvalue weighted by Crippen LogP contribution is -2.68. The molecule has 242 valence electrons. The van der Waals surface area contributed by atoms with Gasteiger partial charge < -0.3 is 19.3 Å². The van der Waals surface area contributed by atoms with Crippen LogP contribution in [-0.2, 0) is 30.1 Å². The van der Waals surface area contributed by atoms with Crippen LogP contribution in [0.25, 0.3) is 0 Å². The van der Waals surface area contributed by atoms with Gasteiger partial charge in [-0.25, -0.2) is 0 Å². The predicted molar refractivity (Wildman–Crippen MR) is 153 cm³/mol. The molecule has 14 heteroatoms. The van der Waals surface area contributed by atoms with Crippen LogP contribution in [0.3, 0.4) is 0 Å². The normalized spacial score (nSPS) is 20.5. The second-order valence-electron chi connectivity index (χ2n) is 11.1. The minimum absolute atomic E-state index is 0.00975. The average Bonchev–Trinajstić information content (AvgIpc) is 3.49. The summed E-state index contributed by atoms with van der Waals surface area (Å²) < 4.78 is 93.9. The smallest absolute Gasteiger partial charge is 0.425 e. The van der Waals surface area contributed by atoms with Gasteiger partial charge in [-0.3, -0.25) is 14.6 Å². The lowest BCUT2D eigenvalue weighted by atomic mass is 9.79. The van der Waals surface area contributed by atoms with Gasteiger partial charge in [0.15, 0.2) is 0 Å². The molecular formula is C31H31F6N3O4S. The van der Waals surface area contributed by atoms with Gasteiger partial charge in [-0.1, -0.05) is 19.4 Å². The van der Waals surface area contributed by atoms with Crippen molar-refractivity contribution in [1.82, 2.24) is 14.8 Å². The second-order valence-corrected chi connectivity index (χ2v) is 12.0. The van der Waals surface area contributed by atoms with Gasteiger partial charge in [0.05, 0.1) is 18.7 Å². The van der Waals surface area contributed by atoms with Crippen molar-refractivity contribution in [2.24, 2.45) is 0 Å². The highest BCUT2D eigenvalue weighted by molar-refractivity contribution is 7.10. The Kier molecular flexibility index (Phi) is 9.07. The van der Waals surface area contributed by atoms with E-state index < -0.39 is 51.9 Å². The van der Waals surface area contributed by atoms with Crippen LogP contribution >= 0.6 is 11.3 Å². The second kappa shape index (κ2) is 12.5. The molecule has 2 amide bonds. The number of halogens is 6. The third-order valence-corrected chi connectivity index (χ3v) is 9.18. The van der Waals surface area contributed by atoms with E-state index >= 15 is 0 Å². The quantitative estimate of drug-likeness (QED) is 0.257. The molecule has 1 fully saturated rings. The van der Waals surface area contributed by atoms with Gasteiger partial charge in [-0.05, 0) is 54.7 Å². The number of fused-ring (bicyclic) bond motifs is 1. The summed E-state index contributed by atoms with van der Waals surface area (Å²) in [5.74, 6) is -1.12. The summed E-state index contributed by atoms with van der Waals surface area (Å²) in [7, 11) is 1.54. The van der Waals surface area contributed by atoms with Crippen LogP contribution in [0.1, 0.15) is 64.7 Å². The number of carbonyl (C=O) groups is 2. The van der Waals surface area contributed by atoms with Crippen molar-refractivity contribution in [3.05, 3.63) is 75.2 Å². The van der Waals surface area contributed by atoms with Gasteiger partial charge in [0.1, 0.15) is 22.1 Å². The number of aromatic nitrogens is 1. The molecule has 45 heavy (non-hydrogen) atoms. The number of benzene rings is 1. The number of hydrogen-bond donors (Lipinski definition) is 0. The molecule has 3 aromatic rings. The first-order valence-electron chi connectivity index (χ1n) is 14.4. The molecule has 2 atom stereocenters. The first-order valence-corrected chi connectivity index (χ1v) is 15.3. The number of piperidine rings is 1. The largest absolute Gasteiger partial charge is 0.497 e. The van der Waals surface area contributed by atoms with Crippen molar-refractivity contribution in [3.63, 3.8) is 0 Å². The maximum absolute atomic E-state index is 14.7. The molecule has 0 bridgehead atoms. The fourth-order valence-corrected chi connectivity index (χ4v) is 6.85. The fraction of sp³-hybridized carbons (Fsp3) is 0.452. The summed E-state index contributed by atoms with van der Waals surface area (Å²) >= 11 is 0.406. The number of carbonyl (C=O) groups excluding carboxylic acids is 2. The van der Waals surface area contributed by atoms with Gasteiger partial charge in [-0.2, -0.15) is 26.3 Å². The van der Waals surface area contributed by atoms with E-state index in [2.05, 4.69) is 4.98 Å². The zero-order chi connectivity index (χ0) is 32.6. The molecule has 1 saturated heterocycles. The van der Waals surface area contributed by atoms with Crippen molar-refractivity contribution >= 4 is 23.2 Å². The molecule has 4 heterocycles. The highest BCUT2D eigenvalue weighted by atomic mass is 32.1. The maximum atomic E-state index is 14.7. The molecule has 0 saturated carbocycles. The standard InChI is InChI=1S/C31H31F6N3O4S/c1-3-6-24-29(44-22-16-25(45-18-22)31(35,36)37,28(42)39-14-10-19-15-21(43-2)9-8-20(19)17-39)11-5-13-40(24)27(41)26-23(30(32,33)34)7-4-12-38-26/h4,7-9,12,15-16,18,24H,3,5-6,10-11,13-14,17H2,1-2H3/t24-,29+/m1/s1. The number of nitrogens with zero attached hydrogens (tertiary/aromatic N) is 3. The number of ether oxygens (including phenoxy) is 2. The lowest BCUT2D eigenvalue weighted by molar-refractivity contribution is -0.160. The minimum atomic E-state index is -4.87. The van der Waals surface area contributed by atoms with Crippen LogP contribution in [0.5, 0.6) is 11.5 Å². The maximum Gasteiger partial charge on any atom is 0.425 e. The number of amides is 2.